The molecule has 0 amide bonds. The SMILES string of the molecule is C1=CC(C(OC2CCNCC2)c2ccccc2)=CCC1. The van der Waals surface area contributed by atoms with E-state index < -0.39 is 0 Å². The molecule has 1 N–H and O–H groups in total. The fourth-order valence-corrected chi connectivity index (χ4v) is 2.93. The number of ether oxygens (including phenoxy) is 1. The Balaban J connectivity index is 1.79. The molecular weight excluding hydrogens is 246 g/mol. The average molecular weight is 269 g/mol. The molecule has 20 heavy (non-hydrogen) atoms. The molecule has 1 aliphatic carbocycles. The zero-order valence-electron chi connectivity index (χ0n) is 11.9. The number of piperidine rings is 1. The second-order valence-corrected chi connectivity index (χ2v) is 5.56. The highest BCUT2D eigenvalue weighted by Gasteiger charge is 2.22. The average Bonchev–Trinajstić information content (AvgIpc) is 2.55. The summed E-state index contributed by atoms with van der Waals surface area (Å²) in [5.41, 5.74) is 2.59. The van der Waals surface area contributed by atoms with Crippen molar-refractivity contribution in [1.29, 1.82) is 0 Å². The number of nitrogens with one attached hydrogen (secondary N) is 1. The van der Waals surface area contributed by atoms with Crippen LogP contribution in [-0.2, 0) is 4.74 Å². The van der Waals surface area contributed by atoms with Crippen molar-refractivity contribution in [3.8, 4) is 0 Å². The Morgan fingerprint density at radius 2 is 1.85 bits per heavy atom. The first-order valence-electron chi connectivity index (χ1n) is 7.71. The van der Waals surface area contributed by atoms with Gasteiger partial charge in [-0.3, -0.25) is 0 Å². The number of benzene rings is 1. The van der Waals surface area contributed by atoms with Crippen LogP contribution in [0.25, 0.3) is 0 Å². The molecule has 1 aromatic carbocycles. The summed E-state index contributed by atoms with van der Waals surface area (Å²) in [6.07, 6.45) is 11.8. The maximum atomic E-state index is 6.46. The summed E-state index contributed by atoms with van der Waals surface area (Å²) in [7, 11) is 0. The highest BCUT2D eigenvalue weighted by atomic mass is 16.5. The quantitative estimate of drug-likeness (QED) is 0.898. The monoisotopic (exact) mass is 269 g/mol. The highest BCUT2D eigenvalue weighted by molar-refractivity contribution is 5.34. The number of hydrogen-bond donors (Lipinski definition) is 1. The van der Waals surface area contributed by atoms with E-state index >= 15 is 0 Å². The number of rotatable bonds is 4. The summed E-state index contributed by atoms with van der Waals surface area (Å²) in [5, 5.41) is 3.40. The molecule has 1 aromatic rings. The Morgan fingerprint density at radius 3 is 2.55 bits per heavy atom. The van der Waals surface area contributed by atoms with E-state index in [9.17, 15) is 0 Å². The van der Waals surface area contributed by atoms with E-state index in [4.69, 9.17) is 4.74 Å². The molecule has 1 unspecified atom stereocenters. The van der Waals surface area contributed by atoms with Gasteiger partial charge in [0.1, 0.15) is 6.10 Å². The lowest BCUT2D eigenvalue weighted by molar-refractivity contribution is -0.00862. The Kier molecular flexibility index (Phi) is 4.67. The van der Waals surface area contributed by atoms with Gasteiger partial charge in [0.15, 0.2) is 0 Å². The minimum atomic E-state index is 0.0934. The molecular formula is C18H23NO. The molecule has 106 valence electrons. The molecule has 1 heterocycles. The van der Waals surface area contributed by atoms with E-state index in [1.165, 1.54) is 11.1 Å². The molecule has 1 atom stereocenters. The predicted molar refractivity (Wildman–Crippen MR) is 82.6 cm³/mol. The van der Waals surface area contributed by atoms with E-state index in [-0.39, 0.29) is 6.10 Å². The smallest absolute Gasteiger partial charge is 0.108 e. The van der Waals surface area contributed by atoms with E-state index in [0.717, 1.165) is 38.8 Å². The van der Waals surface area contributed by atoms with Gasteiger partial charge >= 0.3 is 0 Å². The van der Waals surface area contributed by atoms with E-state index in [2.05, 4.69) is 53.9 Å². The zero-order valence-corrected chi connectivity index (χ0v) is 11.9. The number of hydrogen-bond acceptors (Lipinski definition) is 2. The Hall–Kier alpha value is -1.38. The van der Waals surface area contributed by atoms with Gasteiger partial charge < -0.3 is 10.1 Å². The van der Waals surface area contributed by atoms with Gasteiger partial charge in [0, 0.05) is 0 Å². The van der Waals surface area contributed by atoms with Gasteiger partial charge in [0.2, 0.25) is 0 Å². The van der Waals surface area contributed by atoms with Crippen LogP contribution in [0.15, 0.2) is 54.1 Å². The van der Waals surface area contributed by atoms with Crippen LogP contribution in [0.4, 0.5) is 0 Å². The molecule has 2 nitrogen and oxygen atoms in total. The first-order valence-corrected chi connectivity index (χ1v) is 7.71. The molecule has 0 spiro atoms. The maximum absolute atomic E-state index is 6.46. The molecule has 1 saturated heterocycles. The molecule has 0 saturated carbocycles. The van der Waals surface area contributed by atoms with Crippen molar-refractivity contribution < 1.29 is 4.74 Å². The highest BCUT2D eigenvalue weighted by Crippen LogP contribution is 2.31. The van der Waals surface area contributed by atoms with E-state index in [1.807, 2.05) is 0 Å². The van der Waals surface area contributed by atoms with Gasteiger partial charge in [0.05, 0.1) is 6.10 Å². The van der Waals surface area contributed by atoms with E-state index in [1.54, 1.807) is 0 Å². The first-order chi connectivity index (χ1) is 9.93. The van der Waals surface area contributed by atoms with Crippen molar-refractivity contribution in [2.24, 2.45) is 0 Å². The minimum Gasteiger partial charge on any atom is -0.365 e. The van der Waals surface area contributed by atoms with Crippen molar-refractivity contribution in [3.63, 3.8) is 0 Å². The molecule has 1 aliphatic heterocycles. The Morgan fingerprint density at radius 1 is 1.05 bits per heavy atom. The summed E-state index contributed by atoms with van der Waals surface area (Å²) in [6, 6.07) is 10.6. The Bertz CT molecular complexity index is 471. The van der Waals surface area contributed by atoms with Crippen LogP contribution in [0.3, 0.4) is 0 Å². The third-order valence-corrected chi connectivity index (χ3v) is 4.04. The van der Waals surface area contributed by atoms with Crippen LogP contribution < -0.4 is 5.32 Å². The lowest BCUT2D eigenvalue weighted by Gasteiger charge is -2.29. The topological polar surface area (TPSA) is 21.3 Å². The third-order valence-electron chi connectivity index (χ3n) is 4.04. The Labute approximate surface area is 121 Å². The van der Waals surface area contributed by atoms with Crippen molar-refractivity contribution in [2.45, 2.75) is 37.9 Å². The van der Waals surface area contributed by atoms with Gasteiger partial charge in [0.25, 0.3) is 0 Å². The largest absolute Gasteiger partial charge is 0.365 e. The molecule has 0 bridgehead atoms. The van der Waals surface area contributed by atoms with Crippen LogP contribution in [0.2, 0.25) is 0 Å². The molecule has 0 radical (unpaired) electrons. The van der Waals surface area contributed by atoms with Gasteiger partial charge in [-0.2, -0.15) is 0 Å². The van der Waals surface area contributed by atoms with Crippen LogP contribution in [0.5, 0.6) is 0 Å². The van der Waals surface area contributed by atoms with Crippen LogP contribution in [0.1, 0.15) is 37.4 Å². The standard InChI is InChI=1S/C18H23NO/c1-3-7-15(8-4-1)18(16-9-5-2-6-10-16)20-17-11-13-19-14-12-17/h1,3-5,7-10,17-19H,2,6,11-14H2. The molecule has 3 rings (SSSR count). The van der Waals surface area contributed by atoms with Gasteiger partial charge in [-0.1, -0.05) is 48.6 Å². The third kappa shape index (κ3) is 3.38. The summed E-state index contributed by atoms with van der Waals surface area (Å²) < 4.78 is 6.46. The summed E-state index contributed by atoms with van der Waals surface area (Å²) in [4.78, 5) is 0. The van der Waals surface area contributed by atoms with Crippen molar-refractivity contribution in [1.82, 2.24) is 5.32 Å². The second kappa shape index (κ2) is 6.87. The molecule has 1 fully saturated rings. The second-order valence-electron chi connectivity index (χ2n) is 5.56. The fourth-order valence-electron chi connectivity index (χ4n) is 2.93. The molecule has 2 heteroatoms. The van der Waals surface area contributed by atoms with Gasteiger partial charge in [-0.05, 0) is 49.9 Å². The molecule has 2 aliphatic rings. The van der Waals surface area contributed by atoms with Crippen LogP contribution in [-0.4, -0.2) is 19.2 Å². The van der Waals surface area contributed by atoms with Gasteiger partial charge in [-0.15, -0.1) is 0 Å². The van der Waals surface area contributed by atoms with Crippen LogP contribution in [0, 0.1) is 0 Å². The lowest BCUT2D eigenvalue weighted by atomic mass is 9.96. The zero-order chi connectivity index (χ0) is 13.6. The normalized spacial score (nSPS) is 21.5. The summed E-state index contributed by atoms with van der Waals surface area (Å²) in [6.45, 7) is 2.14. The maximum Gasteiger partial charge on any atom is 0.108 e. The van der Waals surface area contributed by atoms with Crippen LogP contribution >= 0.6 is 0 Å². The minimum absolute atomic E-state index is 0.0934. The summed E-state index contributed by atoms with van der Waals surface area (Å²) >= 11 is 0. The van der Waals surface area contributed by atoms with Crippen molar-refractivity contribution in [2.75, 3.05) is 13.1 Å². The number of allylic oxidation sites excluding steroid dienone is 2. The van der Waals surface area contributed by atoms with Gasteiger partial charge in [-0.25, -0.2) is 0 Å². The fraction of sp³-hybridized carbons (Fsp3) is 0.444. The first kappa shape index (κ1) is 13.6. The summed E-state index contributed by atoms with van der Waals surface area (Å²) in [5.74, 6) is 0. The van der Waals surface area contributed by atoms with Crippen molar-refractivity contribution >= 4 is 0 Å². The lowest BCUT2D eigenvalue weighted by Crippen LogP contribution is -2.33. The molecule has 0 aromatic heterocycles. The van der Waals surface area contributed by atoms with E-state index in [0.29, 0.717) is 6.10 Å². The predicted octanol–water partition coefficient (Wildman–Crippen LogP) is 3.77. The van der Waals surface area contributed by atoms with Crippen molar-refractivity contribution in [3.05, 3.63) is 59.7 Å².